The molecule has 9 heavy (non-hydrogen) atoms. The van der Waals surface area contributed by atoms with Crippen molar-refractivity contribution in [1.29, 1.82) is 0 Å². The number of carbonyl (C=O) groups is 1. The van der Waals surface area contributed by atoms with Crippen LogP contribution in [0.1, 0.15) is 19.8 Å². The van der Waals surface area contributed by atoms with Crippen molar-refractivity contribution in [3.8, 4) is 0 Å². The molecule has 0 fully saturated rings. The normalized spacial score (nSPS) is 11.8. The summed E-state index contributed by atoms with van der Waals surface area (Å²) in [4.78, 5) is 9.85. The van der Waals surface area contributed by atoms with Gasteiger partial charge in [-0.15, -0.1) is 0 Å². The van der Waals surface area contributed by atoms with E-state index in [1.807, 2.05) is 6.92 Å². The van der Waals surface area contributed by atoms with E-state index < -0.39 is 12.0 Å². The average Bonchev–Trinajstić information content (AvgIpc) is 1.67. The molecule has 0 aliphatic carbocycles. The van der Waals surface area contributed by atoms with Crippen LogP contribution < -0.4 is 40.4 Å². The Morgan fingerprint density at radius 1 is 1.78 bits per heavy atom. The fourth-order valence-electron chi connectivity index (χ4n) is 0.429. The van der Waals surface area contributed by atoms with Gasteiger partial charge in [0.25, 0.3) is 0 Å². The molecule has 0 saturated carbocycles. The minimum atomic E-state index is -1.16. The van der Waals surface area contributed by atoms with Gasteiger partial charge >= 0.3 is 29.6 Å². The molecule has 0 bridgehead atoms. The van der Waals surface area contributed by atoms with Gasteiger partial charge in [-0.1, -0.05) is 13.3 Å². The second-order valence-electron chi connectivity index (χ2n) is 1.71. The van der Waals surface area contributed by atoms with Gasteiger partial charge in [0.15, 0.2) is 0 Å². The minimum absolute atomic E-state index is 0. The molecule has 0 aromatic heterocycles. The molecule has 48 valence electrons. The summed E-state index contributed by atoms with van der Waals surface area (Å²) in [7, 11) is 0. The molecule has 0 aliphatic rings. The first-order valence-corrected chi connectivity index (χ1v) is 2.65. The van der Waals surface area contributed by atoms with Gasteiger partial charge in [-0.3, -0.25) is 0 Å². The molecule has 0 radical (unpaired) electrons. The van der Waals surface area contributed by atoms with Gasteiger partial charge in [-0.25, -0.2) is 0 Å². The van der Waals surface area contributed by atoms with Crippen LogP contribution in [-0.2, 0) is 4.79 Å². The summed E-state index contributed by atoms with van der Waals surface area (Å²) < 4.78 is 0. The van der Waals surface area contributed by atoms with E-state index in [0.29, 0.717) is 6.42 Å². The number of nitrogens with two attached hydrogens (primary N) is 1. The van der Waals surface area contributed by atoms with Gasteiger partial charge in [-0.2, -0.15) is 0 Å². The van der Waals surface area contributed by atoms with Gasteiger partial charge in [0.05, 0.1) is 5.97 Å². The molecule has 0 aromatic carbocycles. The van der Waals surface area contributed by atoms with E-state index in [0.717, 1.165) is 6.42 Å². The maximum absolute atomic E-state index is 9.85. The molecule has 4 heteroatoms. The topological polar surface area (TPSA) is 66.2 Å². The van der Waals surface area contributed by atoms with Crippen molar-refractivity contribution < 1.29 is 39.5 Å². The number of carboxylic acids is 1. The quantitative estimate of drug-likeness (QED) is 0.404. The average molecular weight is 139 g/mol. The number of hydrogen-bond acceptors (Lipinski definition) is 3. The van der Waals surface area contributed by atoms with Crippen LogP contribution in [0.4, 0.5) is 0 Å². The van der Waals surface area contributed by atoms with Gasteiger partial charge < -0.3 is 15.6 Å². The van der Waals surface area contributed by atoms with Crippen LogP contribution in [0.2, 0.25) is 0 Å². The Kier molecular flexibility index (Phi) is 8.83. The van der Waals surface area contributed by atoms with Crippen molar-refractivity contribution in [2.24, 2.45) is 5.73 Å². The molecule has 3 nitrogen and oxygen atoms in total. The summed E-state index contributed by atoms with van der Waals surface area (Å²) in [5.41, 5.74) is 5.06. The third-order valence-electron chi connectivity index (χ3n) is 0.902. The van der Waals surface area contributed by atoms with E-state index in [1.54, 1.807) is 0 Å². The largest absolute Gasteiger partial charge is 1.00 e. The van der Waals surface area contributed by atoms with Crippen LogP contribution in [0.5, 0.6) is 0 Å². The SMILES string of the molecule is CCCC(N)C(=O)[O-].[Na+]. The van der Waals surface area contributed by atoms with E-state index in [4.69, 9.17) is 5.73 Å². The molecule has 0 aliphatic heterocycles. The van der Waals surface area contributed by atoms with Crippen LogP contribution in [0.15, 0.2) is 0 Å². The Morgan fingerprint density at radius 2 is 2.22 bits per heavy atom. The minimum Gasteiger partial charge on any atom is -0.548 e. The van der Waals surface area contributed by atoms with Crippen LogP contribution in [0.25, 0.3) is 0 Å². The Balaban J connectivity index is 0. The standard InChI is InChI=1S/C5H11NO2.Na/c1-2-3-4(6)5(7)8;/h4H,2-3,6H2,1H3,(H,7,8);/q;+1/p-1. The van der Waals surface area contributed by atoms with Gasteiger partial charge in [0.2, 0.25) is 0 Å². The summed E-state index contributed by atoms with van der Waals surface area (Å²) in [5.74, 6) is -1.16. The third kappa shape index (κ3) is 6.31. The van der Waals surface area contributed by atoms with Crippen LogP contribution in [0.3, 0.4) is 0 Å². The summed E-state index contributed by atoms with van der Waals surface area (Å²) in [6.07, 6.45) is 1.29. The van der Waals surface area contributed by atoms with Crippen molar-refractivity contribution in [3.63, 3.8) is 0 Å². The van der Waals surface area contributed by atoms with E-state index in [1.165, 1.54) is 0 Å². The summed E-state index contributed by atoms with van der Waals surface area (Å²) in [6.45, 7) is 1.88. The molecule has 0 heterocycles. The Morgan fingerprint density at radius 3 is 2.33 bits per heavy atom. The monoisotopic (exact) mass is 139 g/mol. The van der Waals surface area contributed by atoms with Crippen molar-refractivity contribution in [3.05, 3.63) is 0 Å². The molecule has 2 N–H and O–H groups in total. The number of rotatable bonds is 3. The Hall–Kier alpha value is 0.430. The van der Waals surface area contributed by atoms with Crippen LogP contribution >= 0.6 is 0 Å². The molecule has 0 saturated heterocycles. The Bertz CT molecular complexity index is 87.0. The number of carboxylic acid groups (broad SMARTS) is 1. The van der Waals surface area contributed by atoms with Gasteiger partial charge in [0.1, 0.15) is 0 Å². The molecule has 0 rings (SSSR count). The van der Waals surface area contributed by atoms with Gasteiger partial charge in [0, 0.05) is 6.04 Å². The molecular formula is C5H10NNaO2. The number of hydrogen-bond donors (Lipinski definition) is 1. The number of aliphatic carboxylic acids is 1. The smallest absolute Gasteiger partial charge is 0.548 e. The second kappa shape index (κ2) is 6.55. The van der Waals surface area contributed by atoms with Crippen molar-refractivity contribution in [2.75, 3.05) is 0 Å². The zero-order valence-electron chi connectivity index (χ0n) is 5.89. The predicted octanol–water partition coefficient (Wildman–Crippen LogP) is -4.13. The van der Waals surface area contributed by atoms with E-state index in [2.05, 4.69) is 0 Å². The fraction of sp³-hybridized carbons (Fsp3) is 0.800. The summed E-state index contributed by atoms with van der Waals surface area (Å²) in [5, 5.41) is 9.85. The Labute approximate surface area is 76.9 Å². The van der Waals surface area contributed by atoms with Crippen molar-refractivity contribution in [2.45, 2.75) is 25.8 Å². The molecule has 1 unspecified atom stereocenters. The third-order valence-corrected chi connectivity index (χ3v) is 0.902. The zero-order valence-corrected chi connectivity index (χ0v) is 7.89. The molecule has 0 aromatic rings. The zero-order chi connectivity index (χ0) is 6.57. The first-order valence-electron chi connectivity index (χ1n) is 2.65. The summed E-state index contributed by atoms with van der Waals surface area (Å²) >= 11 is 0. The molecule has 0 spiro atoms. The van der Waals surface area contributed by atoms with E-state index >= 15 is 0 Å². The van der Waals surface area contributed by atoms with Crippen molar-refractivity contribution >= 4 is 5.97 Å². The fourth-order valence-corrected chi connectivity index (χ4v) is 0.429. The molecule has 0 amide bonds. The molecule has 1 atom stereocenters. The van der Waals surface area contributed by atoms with Crippen molar-refractivity contribution in [1.82, 2.24) is 0 Å². The van der Waals surface area contributed by atoms with Gasteiger partial charge in [-0.05, 0) is 6.42 Å². The molecular weight excluding hydrogens is 129 g/mol. The van der Waals surface area contributed by atoms with Crippen LogP contribution in [-0.4, -0.2) is 12.0 Å². The first-order chi connectivity index (χ1) is 3.68. The number of carbonyl (C=O) groups excluding carboxylic acids is 1. The predicted molar refractivity (Wildman–Crippen MR) is 27.9 cm³/mol. The van der Waals surface area contributed by atoms with E-state index in [9.17, 15) is 9.90 Å². The van der Waals surface area contributed by atoms with Crippen LogP contribution in [0, 0.1) is 0 Å². The van der Waals surface area contributed by atoms with E-state index in [-0.39, 0.29) is 29.6 Å². The first kappa shape index (κ1) is 12.1. The maximum atomic E-state index is 9.85. The maximum Gasteiger partial charge on any atom is 1.00 e. The summed E-state index contributed by atoms with van der Waals surface area (Å²) in [6, 6.07) is -0.778. The second-order valence-corrected chi connectivity index (χ2v) is 1.71.